The summed E-state index contributed by atoms with van der Waals surface area (Å²) in [7, 11) is 0. The highest BCUT2D eigenvalue weighted by molar-refractivity contribution is 7.16. The molecule has 0 fully saturated rings. The minimum Gasteiger partial charge on any atom is -0.455 e. The van der Waals surface area contributed by atoms with Crippen LogP contribution in [0.1, 0.15) is 34.6 Å². The van der Waals surface area contributed by atoms with E-state index in [-0.39, 0.29) is 5.69 Å². The molecule has 3 aromatic rings. The Kier molecular flexibility index (Phi) is 4.57. The number of nitriles is 1. The van der Waals surface area contributed by atoms with Crippen molar-refractivity contribution in [1.82, 2.24) is 0 Å². The van der Waals surface area contributed by atoms with E-state index >= 15 is 0 Å². The van der Waals surface area contributed by atoms with E-state index in [4.69, 9.17) is 4.42 Å². The fourth-order valence-corrected chi connectivity index (χ4v) is 4.39. The molecular formula is C20H15N3O3S. The molecule has 0 radical (unpaired) electrons. The smallest absolute Gasteiger partial charge is 0.269 e. The molecule has 0 unspecified atom stereocenters. The topological polar surface area (TPSA) is 92.4 Å². The first-order valence-electron chi connectivity index (χ1n) is 8.59. The number of furan rings is 1. The van der Waals surface area contributed by atoms with E-state index in [2.05, 4.69) is 11.1 Å². The molecule has 27 heavy (non-hydrogen) atoms. The molecular weight excluding hydrogens is 362 g/mol. The van der Waals surface area contributed by atoms with E-state index in [1.165, 1.54) is 17.0 Å². The number of nitro benzene ring substituents is 1. The molecule has 0 N–H and O–H groups in total. The molecule has 4 rings (SSSR count). The Bertz CT molecular complexity index is 1070. The summed E-state index contributed by atoms with van der Waals surface area (Å²) in [6, 6.07) is 12.1. The van der Waals surface area contributed by atoms with Crippen LogP contribution in [0.3, 0.4) is 0 Å². The molecule has 1 aliphatic rings. The average molecular weight is 377 g/mol. The molecule has 0 saturated carbocycles. The van der Waals surface area contributed by atoms with Gasteiger partial charge in [-0.3, -0.25) is 10.1 Å². The lowest BCUT2D eigenvalue weighted by atomic mass is 9.96. The molecule has 0 spiro atoms. The molecule has 0 amide bonds. The van der Waals surface area contributed by atoms with Crippen LogP contribution in [0.25, 0.3) is 11.3 Å². The van der Waals surface area contributed by atoms with Crippen LogP contribution in [0.5, 0.6) is 0 Å². The summed E-state index contributed by atoms with van der Waals surface area (Å²) < 4.78 is 5.77. The van der Waals surface area contributed by atoms with E-state index < -0.39 is 4.92 Å². The first-order chi connectivity index (χ1) is 13.2. The fourth-order valence-electron chi connectivity index (χ4n) is 3.20. The number of nitro groups is 1. The maximum Gasteiger partial charge on any atom is 0.269 e. The van der Waals surface area contributed by atoms with Gasteiger partial charge in [0.2, 0.25) is 0 Å². The van der Waals surface area contributed by atoms with Crippen molar-refractivity contribution in [3.63, 3.8) is 0 Å². The van der Waals surface area contributed by atoms with E-state index in [0.717, 1.165) is 41.8 Å². The van der Waals surface area contributed by atoms with E-state index in [0.29, 0.717) is 17.1 Å². The van der Waals surface area contributed by atoms with Crippen molar-refractivity contribution in [1.29, 1.82) is 5.26 Å². The third kappa shape index (κ3) is 3.39. The van der Waals surface area contributed by atoms with Gasteiger partial charge in [-0.1, -0.05) is 0 Å². The number of aryl methyl sites for hydroxylation is 1. The fraction of sp³-hybridized carbons (Fsp3) is 0.200. The summed E-state index contributed by atoms with van der Waals surface area (Å²) in [5.74, 6) is 1.18. The Hall–Kier alpha value is -3.24. The van der Waals surface area contributed by atoms with Crippen molar-refractivity contribution in [2.24, 2.45) is 4.99 Å². The number of non-ortho nitro benzene ring substituents is 1. The zero-order valence-electron chi connectivity index (χ0n) is 14.3. The van der Waals surface area contributed by atoms with Gasteiger partial charge in [0.1, 0.15) is 22.6 Å². The molecule has 2 aromatic heterocycles. The SMILES string of the molecule is N#Cc1c(N=Cc2ccc(-c3ccc([N+](=O)[O-])cc3)o2)sc2c1CCCC2. The molecule has 1 aliphatic carbocycles. The largest absolute Gasteiger partial charge is 0.455 e. The van der Waals surface area contributed by atoms with Crippen molar-refractivity contribution in [3.8, 4) is 17.4 Å². The second-order valence-corrected chi connectivity index (χ2v) is 7.35. The Morgan fingerprint density at radius 3 is 2.70 bits per heavy atom. The predicted molar refractivity (Wildman–Crippen MR) is 104 cm³/mol. The highest BCUT2D eigenvalue weighted by Crippen LogP contribution is 2.39. The van der Waals surface area contributed by atoms with Crippen molar-refractivity contribution < 1.29 is 9.34 Å². The van der Waals surface area contributed by atoms with Crippen LogP contribution in [-0.4, -0.2) is 11.1 Å². The highest BCUT2D eigenvalue weighted by atomic mass is 32.1. The van der Waals surface area contributed by atoms with Crippen LogP contribution in [0.15, 0.2) is 45.8 Å². The molecule has 7 heteroatoms. The van der Waals surface area contributed by atoms with Gasteiger partial charge in [-0.25, -0.2) is 4.99 Å². The zero-order valence-corrected chi connectivity index (χ0v) is 15.2. The Morgan fingerprint density at radius 2 is 1.96 bits per heavy atom. The van der Waals surface area contributed by atoms with Gasteiger partial charge < -0.3 is 4.42 Å². The number of nitrogens with zero attached hydrogens (tertiary/aromatic N) is 3. The molecule has 6 nitrogen and oxygen atoms in total. The average Bonchev–Trinajstić information content (AvgIpc) is 3.30. The molecule has 0 atom stereocenters. The lowest BCUT2D eigenvalue weighted by Crippen LogP contribution is -1.99. The summed E-state index contributed by atoms with van der Waals surface area (Å²) in [5, 5.41) is 21.0. The Balaban J connectivity index is 1.57. The number of hydrogen-bond acceptors (Lipinski definition) is 6. The molecule has 1 aromatic carbocycles. The van der Waals surface area contributed by atoms with Crippen LogP contribution in [0.4, 0.5) is 10.7 Å². The lowest BCUT2D eigenvalue weighted by molar-refractivity contribution is -0.384. The lowest BCUT2D eigenvalue weighted by Gasteiger charge is -2.09. The van der Waals surface area contributed by atoms with Crippen molar-refractivity contribution in [2.75, 3.05) is 0 Å². The van der Waals surface area contributed by atoms with Gasteiger partial charge in [-0.05, 0) is 55.5 Å². The number of benzene rings is 1. The first kappa shape index (κ1) is 17.2. The van der Waals surface area contributed by atoms with E-state index in [1.807, 2.05) is 0 Å². The molecule has 0 bridgehead atoms. The zero-order chi connectivity index (χ0) is 18.8. The number of hydrogen-bond donors (Lipinski definition) is 0. The molecule has 0 aliphatic heterocycles. The molecule has 0 saturated heterocycles. The van der Waals surface area contributed by atoms with Crippen LogP contribution in [-0.2, 0) is 12.8 Å². The van der Waals surface area contributed by atoms with Gasteiger partial charge >= 0.3 is 0 Å². The second-order valence-electron chi connectivity index (χ2n) is 6.27. The van der Waals surface area contributed by atoms with Gasteiger partial charge in [-0.2, -0.15) is 5.26 Å². The number of rotatable bonds is 4. The van der Waals surface area contributed by atoms with Crippen molar-refractivity contribution in [3.05, 3.63) is 68.3 Å². The van der Waals surface area contributed by atoms with Gasteiger partial charge in [0.05, 0.1) is 16.7 Å². The van der Waals surface area contributed by atoms with Crippen LogP contribution < -0.4 is 0 Å². The van der Waals surface area contributed by atoms with Crippen LogP contribution in [0.2, 0.25) is 0 Å². The quantitative estimate of drug-likeness (QED) is 0.345. The summed E-state index contributed by atoms with van der Waals surface area (Å²) in [4.78, 5) is 16.1. The maximum absolute atomic E-state index is 10.7. The Labute approximate surface area is 159 Å². The van der Waals surface area contributed by atoms with E-state index in [1.54, 1.807) is 41.8 Å². The van der Waals surface area contributed by atoms with Gasteiger partial charge in [0.15, 0.2) is 0 Å². The van der Waals surface area contributed by atoms with Crippen molar-refractivity contribution >= 4 is 28.2 Å². The first-order valence-corrected chi connectivity index (χ1v) is 9.40. The van der Waals surface area contributed by atoms with Gasteiger partial charge in [-0.15, -0.1) is 11.3 Å². The summed E-state index contributed by atoms with van der Waals surface area (Å²) in [5.41, 5.74) is 2.64. The maximum atomic E-state index is 10.7. The molecule has 134 valence electrons. The summed E-state index contributed by atoms with van der Waals surface area (Å²) >= 11 is 1.59. The minimum atomic E-state index is -0.433. The summed E-state index contributed by atoms with van der Waals surface area (Å²) in [6.45, 7) is 0. The van der Waals surface area contributed by atoms with Crippen LogP contribution >= 0.6 is 11.3 Å². The standard InChI is InChI=1S/C20H15N3O3S/c21-11-17-16-3-1-2-4-19(16)27-20(17)22-12-15-9-10-18(26-15)13-5-7-14(8-6-13)23(24)25/h5-10,12H,1-4H2. The third-order valence-electron chi connectivity index (χ3n) is 4.56. The number of fused-ring (bicyclic) bond motifs is 1. The normalized spacial score (nSPS) is 13.4. The minimum absolute atomic E-state index is 0.0396. The number of aliphatic imine (C=N–C) groups is 1. The Morgan fingerprint density at radius 1 is 1.19 bits per heavy atom. The third-order valence-corrected chi connectivity index (χ3v) is 5.76. The number of thiophene rings is 1. The molecule has 2 heterocycles. The highest BCUT2D eigenvalue weighted by Gasteiger charge is 2.20. The monoisotopic (exact) mass is 377 g/mol. The van der Waals surface area contributed by atoms with Crippen molar-refractivity contribution in [2.45, 2.75) is 25.7 Å². The predicted octanol–water partition coefficient (Wildman–Crippen LogP) is 5.42. The van der Waals surface area contributed by atoms with Gasteiger partial charge in [0, 0.05) is 22.6 Å². The van der Waals surface area contributed by atoms with Crippen LogP contribution in [0, 0.1) is 21.4 Å². The summed E-state index contributed by atoms with van der Waals surface area (Å²) in [6.07, 6.45) is 5.88. The van der Waals surface area contributed by atoms with Gasteiger partial charge in [0.25, 0.3) is 5.69 Å². The van der Waals surface area contributed by atoms with E-state index in [9.17, 15) is 15.4 Å². The second kappa shape index (κ2) is 7.17.